The Morgan fingerprint density at radius 1 is 1.35 bits per heavy atom. The molecule has 2 N–H and O–H groups in total. The Balaban J connectivity index is 1.79. The van der Waals surface area contributed by atoms with Gasteiger partial charge in [0.05, 0.1) is 0 Å². The van der Waals surface area contributed by atoms with Gasteiger partial charge in [-0.2, -0.15) is 11.8 Å². The molecule has 4 heteroatoms. The lowest BCUT2D eigenvalue weighted by Gasteiger charge is -2.32. The summed E-state index contributed by atoms with van der Waals surface area (Å²) in [5, 5.41) is 0. The fourth-order valence-corrected chi connectivity index (χ4v) is 3.85. The minimum atomic E-state index is 0.767. The van der Waals surface area contributed by atoms with E-state index in [1.165, 1.54) is 37.2 Å². The Bertz CT molecular complexity index is 261. The molecule has 0 spiro atoms. The zero-order valence-corrected chi connectivity index (χ0v) is 11.7. The Hall–Kier alpha value is -0.380. The SMILES string of the molecule is CC1CCCN(C(N)=NCC2CCSCC2)C1. The third-order valence-electron chi connectivity index (χ3n) is 3.83. The minimum absolute atomic E-state index is 0.767. The molecule has 17 heavy (non-hydrogen) atoms. The molecule has 0 saturated carbocycles. The van der Waals surface area contributed by atoms with Crippen LogP contribution in [0.15, 0.2) is 4.99 Å². The van der Waals surface area contributed by atoms with Crippen molar-refractivity contribution in [2.24, 2.45) is 22.6 Å². The van der Waals surface area contributed by atoms with E-state index in [0.717, 1.165) is 37.4 Å². The van der Waals surface area contributed by atoms with Gasteiger partial charge < -0.3 is 10.6 Å². The van der Waals surface area contributed by atoms with Crippen molar-refractivity contribution >= 4 is 17.7 Å². The van der Waals surface area contributed by atoms with Gasteiger partial charge in [-0.1, -0.05) is 6.92 Å². The van der Waals surface area contributed by atoms with Crippen LogP contribution < -0.4 is 5.73 Å². The maximum absolute atomic E-state index is 6.10. The van der Waals surface area contributed by atoms with E-state index >= 15 is 0 Å². The number of nitrogens with zero attached hydrogens (tertiary/aromatic N) is 2. The maximum atomic E-state index is 6.10. The fourth-order valence-electron chi connectivity index (χ4n) is 2.65. The molecular weight excluding hydrogens is 230 g/mol. The summed E-state index contributed by atoms with van der Waals surface area (Å²) >= 11 is 2.07. The van der Waals surface area contributed by atoms with Gasteiger partial charge in [-0.15, -0.1) is 0 Å². The molecule has 0 bridgehead atoms. The van der Waals surface area contributed by atoms with Crippen molar-refractivity contribution in [1.29, 1.82) is 0 Å². The maximum Gasteiger partial charge on any atom is 0.191 e. The van der Waals surface area contributed by atoms with E-state index in [-0.39, 0.29) is 0 Å². The first-order valence-corrected chi connectivity index (χ1v) is 8.04. The van der Waals surface area contributed by atoms with Crippen molar-refractivity contribution in [2.75, 3.05) is 31.1 Å². The zero-order chi connectivity index (χ0) is 12.1. The number of likely N-dealkylation sites (tertiary alicyclic amines) is 1. The van der Waals surface area contributed by atoms with Gasteiger partial charge in [0.15, 0.2) is 5.96 Å². The van der Waals surface area contributed by atoms with Gasteiger partial charge in [-0.25, -0.2) is 0 Å². The molecule has 2 aliphatic heterocycles. The van der Waals surface area contributed by atoms with Gasteiger partial charge in [0.1, 0.15) is 0 Å². The first-order chi connectivity index (χ1) is 8.25. The van der Waals surface area contributed by atoms with Crippen LogP contribution in [0.5, 0.6) is 0 Å². The zero-order valence-electron chi connectivity index (χ0n) is 10.9. The minimum Gasteiger partial charge on any atom is -0.370 e. The predicted octanol–water partition coefficient (Wildman–Crippen LogP) is 2.18. The molecule has 0 aromatic rings. The number of nitrogens with two attached hydrogens (primary N) is 1. The third-order valence-corrected chi connectivity index (χ3v) is 4.88. The highest BCUT2D eigenvalue weighted by Crippen LogP contribution is 2.23. The molecule has 0 aliphatic carbocycles. The van der Waals surface area contributed by atoms with Crippen LogP contribution in [0.25, 0.3) is 0 Å². The second kappa shape index (κ2) is 6.53. The molecule has 0 amide bonds. The quantitative estimate of drug-likeness (QED) is 0.607. The number of guanidine groups is 1. The molecule has 2 rings (SSSR count). The lowest BCUT2D eigenvalue weighted by molar-refractivity contribution is 0.270. The summed E-state index contributed by atoms with van der Waals surface area (Å²) in [5.41, 5.74) is 6.10. The lowest BCUT2D eigenvalue weighted by Crippen LogP contribution is -2.43. The Labute approximate surface area is 109 Å². The number of piperidine rings is 1. The second-order valence-corrected chi connectivity index (χ2v) is 6.67. The molecule has 0 aromatic carbocycles. The lowest BCUT2D eigenvalue weighted by atomic mass is 10.0. The van der Waals surface area contributed by atoms with E-state index in [1.807, 2.05) is 0 Å². The van der Waals surface area contributed by atoms with Crippen LogP contribution in [-0.4, -0.2) is 42.0 Å². The fraction of sp³-hybridized carbons (Fsp3) is 0.923. The number of hydrogen-bond acceptors (Lipinski definition) is 2. The summed E-state index contributed by atoms with van der Waals surface area (Å²) in [6.07, 6.45) is 5.23. The van der Waals surface area contributed by atoms with E-state index in [1.54, 1.807) is 0 Å². The number of hydrogen-bond donors (Lipinski definition) is 1. The van der Waals surface area contributed by atoms with E-state index in [2.05, 4.69) is 28.6 Å². The molecule has 1 unspecified atom stereocenters. The van der Waals surface area contributed by atoms with Crippen molar-refractivity contribution in [1.82, 2.24) is 4.90 Å². The monoisotopic (exact) mass is 255 g/mol. The summed E-state index contributed by atoms with van der Waals surface area (Å²) in [4.78, 5) is 6.89. The van der Waals surface area contributed by atoms with Crippen molar-refractivity contribution in [3.05, 3.63) is 0 Å². The molecule has 3 nitrogen and oxygen atoms in total. The van der Waals surface area contributed by atoms with Crippen LogP contribution in [0.2, 0.25) is 0 Å². The van der Waals surface area contributed by atoms with Crippen LogP contribution in [0.3, 0.4) is 0 Å². The summed E-state index contributed by atoms with van der Waals surface area (Å²) < 4.78 is 0. The number of rotatable bonds is 2. The summed E-state index contributed by atoms with van der Waals surface area (Å²) in [6, 6.07) is 0. The van der Waals surface area contributed by atoms with Gasteiger partial charge in [-0.3, -0.25) is 4.99 Å². The summed E-state index contributed by atoms with van der Waals surface area (Å²) in [7, 11) is 0. The smallest absolute Gasteiger partial charge is 0.191 e. The largest absolute Gasteiger partial charge is 0.370 e. The molecule has 2 heterocycles. The van der Waals surface area contributed by atoms with Gasteiger partial charge >= 0.3 is 0 Å². The molecule has 1 atom stereocenters. The molecule has 98 valence electrons. The Kier molecular flexibility index (Phi) is 5.01. The predicted molar refractivity (Wildman–Crippen MR) is 76.5 cm³/mol. The van der Waals surface area contributed by atoms with Crippen molar-refractivity contribution in [3.63, 3.8) is 0 Å². The van der Waals surface area contributed by atoms with Crippen LogP contribution in [0.4, 0.5) is 0 Å². The summed E-state index contributed by atoms with van der Waals surface area (Å²) in [6.45, 7) is 5.44. The molecule has 0 aromatic heterocycles. The van der Waals surface area contributed by atoms with Crippen molar-refractivity contribution in [3.8, 4) is 0 Å². The highest BCUT2D eigenvalue weighted by Gasteiger charge is 2.18. The topological polar surface area (TPSA) is 41.6 Å². The third kappa shape index (κ3) is 4.09. The van der Waals surface area contributed by atoms with Crippen LogP contribution >= 0.6 is 11.8 Å². The van der Waals surface area contributed by atoms with Crippen molar-refractivity contribution < 1.29 is 0 Å². The summed E-state index contributed by atoms with van der Waals surface area (Å²) in [5.74, 6) is 4.94. The first kappa shape index (κ1) is 13.1. The number of aliphatic imine (C=N–C) groups is 1. The average Bonchev–Trinajstić information content (AvgIpc) is 2.37. The first-order valence-electron chi connectivity index (χ1n) is 6.88. The Morgan fingerprint density at radius 3 is 2.82 bits per heavy atom. The molecule has 2 saturated heterocycles. The highest BCUT2D eigenvalue weighted by atomic mass is 32.2. The standard InChI is InChI=1S/C13H25N3S/c1-11-3-2-6-16(10-11)13(14)15-9-12-4-7-17-8-5-12/h11-12H,2-10H2,1H3,(H2,14,15). The van der Waals surface area contributed by atoms with Crippen LogP contribution in [-0.2, 0) is 0 Å². The van der Waals surface area contributed by atoms with E-state index in [9.17, 15) is 0 Å². The van der Waals surface area contributed by atoms with Gasteiger partial charge in [0.2, 0.25) is 0 Å². The van der Waals surface area contributed by atoms with E-state index in [4.69, 9.17) is 5.73 Å². The van der Waals surface area contributed by atoms with Crippen LogP contribution in [0.1, 0.15) is 32.6 Å². The average molecular weight is 255 g/mol. The van der Waals surface area contributed by atoms with Gasteiger partial charge in [0, 0.05) is 19.6 Å². The normalized spacial score (nSPS) is 28.4. The van der Waals surface area contributed by atoms with Gasteiger partial charge in [0.25, 0.3) is 0 Å². The van der Waals surface area contributed by atoms with Gasteiger partial charge in [-0.05, 0) is 49.0 Å². The van der Waals surface area contributed by atoms with E-state index < -0.39 is 0 Å². The Morgan fingerprint density at radius 2 is 2.12 bits per heavy atom. The number of thioether (sulfide) groups is 1. The van der Waals surface area contributed by atoms with Crippen molar-refractivity contribution in [2.45, 2.75) is 32.6 Å². The van der Waals surface area contributed by atoms with E-state index in [0.29, 0.717) is 0 Å². The second-order valence-electron chi connectivity index (χ2n) is 5.45. The molecule has 2 aliphatic rings. The molecule has 0 radical (unpaired) electrons. The molecular formula is C13H25N3S. The molecule has 2 fully saturated rings. The highest BCUT2D eigenvalue weighted by molar-refractivity contribution is 7.99. The van der Waals surface area contributed by atoms with Crippen LogP contribution in [0, 0.1) is 11.8 Å².